The lowest BCUT2D eigenvalue weighted by Crippen LogP contribution is -2.44. The van der Waals surface area contributed by atoms with Crippen LogP contribution < -0.4 is 4.90 Å². The predicted octanol–water partition coefficient (Wildman–Crippen LogP) is 6.95. The largest absolute Gasteiger partial charge is 0.374 e. The van der Waals surface area contributed by atoms with Crippen molar-refractivity contribution >= 4 is 53.0 Å². The first kappa shape index (κ1) is 43.0. The summed E-state index contributed by atoms with van der Waals surface area (Å²) in [5, 5.41) is 28.2. The molecule has 49 heavy (non-hydrogen) atoms. The lowest BCUT2D eigenvalue weighted by molar-refractivity contribution is -0.890. The van der Waals surface area contributed by atoms with Crippen LogP contribution in [0, 0.1) is 36.5 Å². The van der Waals surface area contributed by atoms with Gasteiger partial charge in [0.2, 0.25) is 0 Å². The number of hydrogen-bond donors (Lipinski definition) is 2. The van der Waals surface area contributed by atoms with E-state index in [9.17, 15) is 10.5 Å². The summed E-state index contributed by atoms with van der Waals surface area (Å²) in [4.78, 5) is 2.79. The molecule has 0 N–H and O–H groups in total. The highest BCUT2D eigenvalue weighted by Gasteiger charge is 2.20. The smallest absolute Gasteiger partial charge is 0.158 e. The predicted molar refractivity (Wildman–Crippen MR) is 208 cm³/mol. The summed E-state index contributed by atoms with van der Waals surface area (Å²) in [7, 11) is 8.93. The highest BCUT2D eigenvalue weighted by Crippen LogP contribution is 2.36. The average Bonchev–Trinajstić information content (AvgIpc) is 3.37. The molecule has 2 atom stereocenters. The van der Waals surface area contributed by atoms with Crippen LogP contribution in [0.2, 0.25) is 0 Å². The Hall–Kier alpha value is -2.20. The third-order valence-electron chi connectivity index (χ3n) is 8.50. The molecule has 2 aromatic rings. The first-order valence-corrected chi connectivity index (χ1v) is 19.2. The van der Waals surface area contributed by atoms with Gasteiger partial charge >= 0.3 is 0 Å². The van der Waals surface area contributed by atoms with E-state index in [-0.39, 0.29) is 12.2 Å². The SMILES string of the molecule is Cc1cc(N(CC(C)OCCOCC[N+](C)(C)CCCS)CC(C)OCC[N+](C)(C)CCCS)ccc1/N=N/c1sc(C#N)c(C)c1C#N. The Kier molecular flexibility index (Phi) is 19.2. The molecule has 13 heteroatoms. The van der Waals surface area contributed by atoms with Gasteiger partial charge < -0.3 is 28.1 Å². The number of anilines is 1. The van der Waals surface area contributed by atoms with E-state index in [1.165, 1.54) is 11.3 Å². The summed E-state index contributed by atoms with van der Waals surface area (Å²) in [5.74, 6) is 1.80. The minimum atomic E-state index is -0.0317. The second-order valence-electron chi connectivity index (χ2n) is 13.9. The van der Waals surface area contributed by atoms with Crippen molar-refractivity contribution in [1.29, 1.82) is 10.5 Å². The standard InChI is InChI=1S/C36H57N7O3S3/c1-28-23-32(11-12-34(28)39-40-36-33(24-37)31(4)35(25-38)49-36)41(26-29(2)45-18-16-43(7,8)14-10-22-48)27-30(3)46-20-19-44-17-15-42(5,6)13-9-21-47/h11-12,23,29-30H,9-10,13-22,26-27H2,1-8H3/p+2/b40-39+. The number of thiol groups is 2. The molecular formula is C36H59N7O3S3+2. The molecule has 0 aliphatic rings. The summed E-state index contributed by atoms with van der Waals surface area (Å²) in [5.41, 5.74) is 3.75. The van der Waals surface area contributed by atoms with Crippen molar-refractivity contribution in [3.05, 3.63) is 39.8 Å². The van der Waals surface area contributed by atoms with Gasteiger partial charge in [-0.15, -0.1) is 21.6 Å². The van der Waals surface area contributed by atoms with Crippen LogP contribution in [0.25, 0.3) is 0 Å². The van der Waals surface area contributed by atoms with Gasteiger partial charge in [0.25, 0.3) is 0 Å². The van der Waals surface area contributed by atoms with Crippen molar-refractivity contribution in [2.75, 3.05) is 110 Å². The zero-order valence-electron chi connectivity index (χ0n) is 30.9. The Morgan fingerprint density at radius 1 is 0.816 bits per heavy atom. The summed E-state index contributed by atoms with van der Waals surface area (Å²) >= 11 is 9.89. The molecule has 2 rings (SSSR count). The highest BCUT2D eigenvalue weighted by molar-refractivity contribution is 7.80. The number of nitriles is 2. The zero-order valence-corrected chi connectivity index (χ0v) is 33.5. The summed E-state index contributed by atoms with van der Waals surface area (Å²) < 4.78 is 20.3. The monoisotopic (exact) mass is 733 g/mol. The summed E-state index contributed by atoms with van der Waals surface area (Å²) in [6.07, 6.45) is 2.15. The number of nitrogens with zero attached hydrogens (tertiary/aromatic N) is 7. The van der Waals surface area contributed by atoms with Crippen molar-refractivity contribution in [3.8, 4) is 12.1 Å². The minimum Gasteiger partial charge on any atom is -0.374 e. The van der Waals surface area contributed by atoms with Crippen LogP contribution in [0.5, 0.6) is 0 Å². The number of quaternary nitrogens is 2. The molecule has 272 valence electrons. The van der Waals surface area contributed by atoms with Crippen LogP contribution in [0.4, 0.5) is 16.4 Å². The fraction of sp³-hybridized carbons (Fsp3) is 0.667. The van der Waals surface area contributed by atoms with E-state index in [0.717, 1.165) is 70.7 Å². The fourth-order valence-electron chi connectivity index (χ4n) is 5.31. The molecule has 0 bridgehead atoms. The topological polar surface area (TPSA) is 103 Å². The van der Waals surface area contributed by atoms with Gasteiger partial charge in [0.05, 0.1) is 91.2 Å². The van der Waals surface area contributed by atoms with Gasteiger partial charge in [-0.25, -0.2) is 0 Å². The van der Waals surface area contributed by atoms with Gasteiger partial charge in [0.1, 0.15) is 30.1 Å². The first-order valence-electron chi connectivity index (χ1n) is 17.1. The first-order chi connectivity index (χ1) is 23.3. The molecule has 0 saturated carbocycles. The summed E-state index contributed by atoms with van der Waals surface area (Å²) in [6, 6.07) is 10.4. The molecule has 0 fully saturated rings. The molecular weight excluding hydrogens is 675 g/mol. The molecule has 1 aromatic heterocycles. The molecule has 0 radical (unpaired) electrons. The van der Waals surface area contributed by atoms with E-state index in [2.05, 4.69) is 101 Å². The molecule has 0 aliphatic heterocycles. The van der Waals surface area contributed by atoms with E-state index in [1.807, 2.05) is 19.1 Å². The van der Waals surface area contributed by atoms with E-state index < -0.39 is 0 Å². The molecule has 0 amide bonds. The second-order valence-corrected chi connectivity index (χ2v) is 15.8. The van der Waals surface area contributed by atoms with Crippen molar-refractivity contribution in [2.45, 2.75) is 52.7 Å². The van der Waals surface area contributed by atoms with Gasteiger partial charge in [-0.3, -0.25) is 0 Å². The van der Waals surface area contributed by atoms with Crippen LogP contribution in [0.3, 0.4) is 0 Å². The number of hydrogen-bond acceptors (Lipinski definition) is 11. The highest BCUT2D eigenvalue weighted by atomic mass is 32.1. The lowest BCUT2D eigenvalue weighted by atomic mass is 10.1. The molecule has 0 aliphatic carbocycles. The molecule has 2 unspecified atom stereocenters. The number of ether oxygens (including phenoxy) is 3. The van der Waals surface area contributed by atoms with Crippen molar-refractivity contribution < 1.29 is 23.2 Å². The third-order valence-corrected chi connectivity index (χ3v) is 10.2. The quantitative estimate of drug-likeness (QED) is 0.0524. The Morgan fingerprint density at radius 3 is 1.96 bits per heavy atom. The zero-order chi connectivity index (χ0) is 36.5. The Morgan fingerprint density at radius 2 is 1.41 bits per heavy atom. The molecule has 10 nitrogen and oxygen atoms in total. The number of aryl methyl sites for hydroxylation is 1. The average molecular weight is 734 g/mol. The van der Waals surface area contributed by atoms with Crippen molar-refractivity contribution in [3.63, 3.8) is 0 Å². The number of benzene rings is 1. The van der Waals surface area contributed by atoms with Crippen LogP contribution in [0.1, 0.15) is 48.3 Å². The van der Waals surface area contributed by atoms with Gasteiger partial charge in [0.15, 0.2) is 5.00 Å². The number of rotatable bonds is 24. The second kappa shape index (κ2) is 21.9. The minimum absolute atomic E-state index is 0.00455. The Bertz CT molecular complexity index is 1400. The maximum Gasteiger partial charge on any atom is 0.158 e. The maximum atomic E-state index is 9.58. The van der Waals surface area contributed by atoms with Gasteiger partial charge in [0, 0.05) is 31.6 Å². The third kappa shape index (κ3) is 15.7. The fourth-order valence-corrected chi connectivity index (χ4v) is 6.47. The number of likely N-dealkylation sites (N-methyl/N-ethyl adjacent to an activating group) is 2. The van der Waals surface area contributed by atoms with E-state index >= 15 is 0 Å². The van der Waals surface area contributed by atoms with Gasteiger partial charge in [-0.2, -0.15) is 35.8 Å². The lowest BCUT2D eigenvalue weighted by Gasteiger charge is -2.32. The molecule has 1 aromatic carbocycles. The Balaban J connectivity index is 2.10. The Labute approximate surface area is 310 Å². The van der Waals surface area contributed by atoms with Gasteiger partial charge in [-0.1, -0.05) is 0 Å². The van der Waals surface area contributed by atoms with Gasteiger partial charge in [-0.05, 0) is 68.5 Å². The maximum absolute atomic E-state index is 9.58. The van der Waals surface area contributed by atoms with E-state index in [4.69, 9.17) is 14.2 Å². The van der Waals surface area contributed by atoms with Crippen LogP contribution in [0.15, 0.2) is 28.4 Å². The number of thiophene rings is 1. The summed E-state index contributed by atoms with van der Waals surface area (Å²) in [6.45, 7) is 15.9. The molecule has 0 saturated heterocycles. The molecule has 0 spiro atoms. The molecule has 1 heterocycles. The van der Waals surface area contributed by atoms with Crippen LogP contribution >= 0.6 is 36.6 Å². The van der Waals surface area contributed by atoms with Crippen LogP contribution in [-0.4, -0.2) is 127 Å². The van der Waals surface area contributed by atoms with E-state index in [1.54, 1.807) is 6.92 Å². The van der Waals surface area contributed by atoms with E-state index in [0.29, 0.717) is 66.2 Å². The normalized spacial score (nSPS) is 13.4. The van der Waals surface area contributed by atoms with Crippen molar-refractivity contribution in [1.82, 2.24) is 0 Å². The van der Waals surface area contributed by atoms with Crippen molar-refractivity contribution in [2.24, 2.45) is 10.2 Å². The van der Waals surface area contributed by atoms with Crippen LogP contribution in [-0.2, 0) is 14.2 Å². The number of azo groups is 1.